The van der Waals surface area contributed by atoms with Crippen LogP contribution in [0.25, 0.3) is 0 Å². The maximum absolute atomic E-state index is 12.1. The summed E-state index contributed by atoms with van der Waals surface area (Å²) in [4.78, 5) is 16.7. The van der Waals surface area contributed by atoms with E-state index in [-0.39, 0.29) is 11.8 Å². The van der Waals surface area contributed by atoms with Gasteiger partial charge in [-0.05, 0) is 18.4 Å². The van der Waals surface area contributed by atoms with Gasteiger partial charge in [-0.25, -0.2) is 0 Å². The van der Waals surface area contributed by atoms with Gasteiger partial charge in [-0.3, -0.25) is 9.69 Å². The molecule has 0 spiro atoms. The number of benzene rings is 1. The number of nitrogens with zero attached hydrogens (tertiary/aromatic N) is 2. The Kier molecular flexibility index (Phi) is 5.34. The average Bonchev–Trinajstić information content (AvgIpc) is 2.54. The molecule has 0 N–H and O–H groups in total. The molecule has 1 aromatic rings. The Morgan fingerprint density at radius 2 is 1.83 bits per heavy atom. The van der Waals surface area contributed by atoms with Gasteiger partial charge < -0.3 is 9.64 Å². The summed E-state index contributed by atoms with van der Waals surface area (Å²) >= 11 is 0. The smallest absolute Gasteiger partial charge is 0.225 e. The number of hydrogen-bond donors (Lipinski definition) is 0. The maximum atomic E-state index is 12.1. The monoisotopic (exact) mass is 316 g/mol. The summed E-state index contributed by atoms with van der Waals surface area (Å²) in [5, 5.41) is 0. The molecule has 23 heavy (non-hydrogen) atoms. The molecule has 0 atom stereocenters. The van der Waals surface area contributed by atoms with Crippen LogP contribution in [0.15, 0.2) is 30.3 Å². The standard InChI is InChI=1S/C19H28N2O2/c1-15(2)19(22)20-13-18(14-20)21(17-8-10-23-11-9-17)12-16-6-4-3-5-7-16/h3-7,15,17-18H,8-14H2,1-2H3. The molecule has 2 aliphatic rings. The van der Waals surface area contributed by atoms with Gasteiger partial charge >= 0.3 is 0 Å². The number of ether oxygens (including phenoxy) is 1. The number of hydrogen-bond acceptors (Lipinski definition) is 3. The second kappa shape index (κ2) is 7.45. The predicted octanol–water partition coefficient (Wildman–Crippen LogP) is 2.53. The largest absolute Gasteiger partial charge is 0.381 e. The zero-order valence-electron chi connectivity index (χ0n) is 14.3. The Morgan fingerprint density at radius 1 is 1.17 bits per heavy atom. The molecular formula is C19H28N2O2. The van der Waals surface area contributed by atoms with Crippen LogP contribution < -0.4 is 0 Å². The van der Waals surface area contributed by atoms with E-state index in [2.05, 4.69) is 35.2 Å². The van der Waals surface area contributed by atoms with Crippen molar-refractivity contribution in [3.63, 3.8) is 0 Å². The van der Waals surface area contributed by atoms with Crippen LogP contribution in [-0.4, -0.2) is 54.1 Å². The fraction of sp³-hybridized carbons (Fsp3) is 0.632. The highest BCUT2D eigenvalue weighted by atomic mass is 16.5. The summed E-state index contributed by atoms with van der Waals surface area (Å²) in [6.45, 7) is 8.41. The zero-order valence-corrected chi connectivity index (χ0v) is 14.3. The summed E-state index contributed by atoms with van der Waals surface area (Å²) in [5.41, 5.74) is 1.35. The first-order chi connectivity index (χ1) is 11.1. The normalized spacial score (nSPS) is 20.1. The van der Waals surface area contributed by atoms with Crippen LogP contribution in [0.2, 0.25) is 0 Å². The first-order valence-corrected chi connectivity index (χ1v) is 8.81. The fourth-order valence-corrected chi connectivity index (χ4v) is 3.58. The van der Waals surface area contributed by atoms with E-state index in [4.69, 9.17) is 4.74 Å². The summed E-state index contributed by atoms with van der Waals surface area (Å²) in [5.74, 6) is 0.384. The van der Waals surface area contributed by atoms with Gasteiger partial charge in [-0.1, -0.05) is 44.2 Å². The molecule has 3 rings (SSSR count). The molecule has 0 saturated carbocycles. The summed E-state index contributed by atoms with van der Waals surface area (Å²) in [6.07, 6.45) is 2.20. The van der Waals surface area contributed by atoms with Gasteiger partial charge in [-0.2, -0.15) is 0 Å². The van der Waals surface area contributed by atoms with Crippen molar-refractivity contribution in [1.82, 2.24) is 9.80 Å². The van der Waals surface area contributed by atoms with Crippen LogP contribution in [0.1, 0.15) is 32.3 Å². The quantitative estimate of drug-likeness (QED) is 0.837. The van der Waals surface area contributed by atoms with Crippen molar-refractivity contribution in [2.24, 2.45) is 5.92 Å². The Bertz CT molecular complexity index is 505. The van der Waals surface area contributed by atoms with Crippen molar-refractivity contribution in [1.29, 1.82) is 0 Å². The van der Waals surface area contributed by atoms with Gasteiger partial charge in [0.2, 0.25) is 5.91 Å². The van der Waals surface area contributed by atoms with E-state index in [0.29, 0.717) is 12.1 Å². The minimum Gasteiger partial charge on any atom is -0.381 e. The van der Waals surface area contributed by atoms with E-state index in [0.717, 1.165) is 45.7 Å². The summed E-state index contributed by atoms with van der Waals surface area (Å²) < 4.78 is 5.53. The van der Waals surface area contributed by atoms with Crippen LogP contribution in [0.4, 0.5) is 0 Å². The van der Waals surface area contributed by atoms with Crippen molar-refractivity contribution in [2.45, 2.75) is 45.3 Å². The molecule has 2 aliphatic heterocycles. The third-order valence-electron chi connectivity index (χ3n) is 5.00. The van der Waals surface area contributed by atoms with Gasteiger partial charge in [0.1, 0.15) is 0 Å². The maximum Gasteiger partial charge on any atom is 0.225 e. The number of amides is 1. The second-order valence-electron chi connectivity index (χ2n) is 7.05. The first-order valence-electron chi connectivity index (χ1n) is 8.81. The molecular weight excluding hydrogens is 288 g/mol. The predicted molar refractivity (Wildman–Crippen MR) is 91.0 cm³/mol. The molecule has 2 heterocycles. The van der Waals surface area contributed by atoms with Gasteiger partial charge in [0.25, 0.3) is 0 Å². The van der Waals surface area contributed by atoms with Crippen molar-refractivity contribution in [3.05, 3.63) is 35.9 Å². The Balaban J connectivity index is 1.65. The van der Waals surface area contributed by atoms with Crippen molar-refractivity contribution >= 4 is 5.91 Å². The second-order valence-corrected chi connectivity index (χ2v) is 7.05. The van der Waals surface area contributed by atoms with Crippen LogP contribution in [-0.2, 0) is 16.1 Å². The lowest BCUT2D eigenvalue weighted by Crippen LogP contribution is -2.63. The van der Waals surface area contributed by atoms with Gasteiger partial charge in [0.15, 0.2) is 0 Å². The molecule has 0 aromatic heterocycles. The molecule has 2 saturated heterocycles. The van der Waals surface area contributed by atoms with Gasteiger partial charge in [0, 0.05) is 50.8 Å². The number of likely N-dealkylation sites (tertiary alicyclic amines) is 1. The molecule has 4 nitrogen and oxygen atoms in total. The summed E-state index contributed by atoms with van der Waals surface area (Å²) in [7, 11) is 0. The third-order valence-corrected chi connectivity index (χ3v) is 5.00. The minimum absolute atomic E-state index is 0.0987. The van der Waals surface area contributed by atoms with Gasteiger partial charge in [0.05, 0.1) is 0 Å². The van der Waals surface area contributed by atoms with E-state index in [1.54, 1.807) is 0 Å². The van der Waals surface area contributed by atoms with Crippen LogP contribution in [0.5, 0.6) is 0 Å². The summed E-state index contributed by atoms with van der Waals surface area (Å²) in [6, 6.07) is 11.7. The van der Waals surface area contributed by atoms with Crippen LogP contribution in [0, 0.1) is 5.92 Å². The first kappa shape index (κ1) is 16.5. The zero-order chi connectivity index (χ0) is 16.2. The van der Waals surface area contributed by atoms with Crippen LogP contribution in [0.3, 0.4) is 0 Å². The topological polar surface area (TPSA) is 32.8 Å². The number of carbonyl (C=O) groups is 1. The Morgan fingerprint density at radius 3 is 2.43 bits per heavy atom. The Hall–Kier alpha value is -1.39. The average molecular weight is 316 g/mol. The molecule has 0 unspecified atom stereocenters. The number of rotatable bonds is 5. The fourth-order valence-electron chi connectivity index (χ4n) is 3.58. The van der Waals surface area contributed by atoms with Crippen molar-refractivity contribution < 1.29 is 9.53 Å². The highest BCUT2D eigenvalue weighted by Gasteiger charge is 2.38. The highest BCUT2D eigenvalue weighted by molar-refractivity contribution is 5.79. The van der Waals surface area contributed by atoms with Crippen molar-refractivity contribution in [2.75, 3.05) is 26.3 Å². The SMILES string of the molecule is CC(C)C(=O)N1CC(N(Cc2ccccc2)C2CCOCC2)C1. The van der Waals surface area contributed by atoms with E-state index < -0.39 is 0 Å². The number of carbonyl (C=O) groups excluding carboxylic acids is 1. The lowest BCUT2D eigenvalue weighted by Gasteiger charge is -2.49. The molecule has 0 bridgehead atoms. The minimum atomic E-state index is 0.0987. The third kappa shape index (κ3) is 3.93. The molecule has 4 heteroatoms. The van der Waals surface area contributed by atoms with E-state index in [1.807, 2.05) is 18.7 Å². The molecule has 2 fully saturated rings. The lowest BCUT2D eigenvalue weighted by atomic mass is 9.97. The molecule has 1 amide bonds. The van der Waals surface area contributed by atoms with Crippen molar-refractivity contribution in [3.8, 4) is 0 Å². The molecule has 1 aromatic carbocycles. The molecule has 126 valence electrons. The highest BCUT2D eigenvalue weighted by Crippen LogP contribution is 2.26. The molecule has 0 radical (unpaired) electrons. The van der Waals surface area contributed by atoms with Gasteiger partial charge in [-0.15, -0.1) is 0 Å². The Labute approximate surface area is 139 Å². The van der Waals surface area contributed by atoms with Crippen LogP contribution >= 0.6 is 0 Å². The van der Waals surface area contributed by atoms with E-state index in [1.165, 1.54) is 5.56 Å². The lowest BCUT2D eigenvalue weighted by molar-refractivity contribution is -0.144. The molecule has 0 aliphatic carbocycles. The van der Waals surface area contributed by atoms with E-state index >= 15 is 0 Å². The van der Waals surface area contributed by atoms with E-state index in [9.17, 15) is 4.79 Å².